The Morgan fingerprint density at radius 1 is 1.30 bits per heavy atom. The molecule has 3 rings (SSSR count). The average Bonchev–Trinajstić information content (AvgIpc) is 3.14. The minimum absolute atomic E-state index is 0.110. The number of amides is 1. The first kappa shape index (κ1) is 14.6. The predicted octanol–water partition coefficient (Wildman–Crippen LogP) is 2.24. The van der Waals surface area contributed by atoms with E-state index in [1.165, 1.54) is 17.1 Å². The van der Waals surface area contributed by atoms with E-state index in [-0.39, 0.29) is 11.4 Å². The molecule has 116 valence electrons. The molecule has 7 nitrogen and oxygen atoms in total. The predicted molar refractivity (Wildman–Crippen MR) is 83.7 cm³/mol. The second-order valence-corrected chi connectivity index (χ2v) is 4.79. The maximum atomic E-state index is 12.0. The second-order valence-electron chi connectivity index (χ2n) is 4.79. The van der Waals surface area contributed by atoms with Gasteiger partial charge in [-0.1, -0.05) is 18.2 Å². The number of hydrogen-bond donors (Lipinski definition) is 2. The SMILES string of the molecule is Cc1ccc(C=NNC(=O)c2nn(-c3ccccc3)cc2O)o1. The van der Waals surface area contributed by atoms with Gasteiger partial charge in [0.05, 0.1) is 18.1 Å². The lowest BCUT2D eigenvalue weighted by molar-refractivity contribution is 0.0947. The molecule has 0 aliphatic rings. The first-order chi connectivity index (χ1) is 11.1. The maximum Gasteiger partial charge on any atom is 0.295 e. The standard InChI is InChI=1S/C16H14N4O3/c1-11-7-8-13(23-11)9-17-18-16(22)15-14(21)10-20(19-15)12-5-3-2-4-6-12/h2-10,21H,1H3,(H,18,22). The van der Waals surface area contributed by atoms with Crippen molar-refractivity contribution in [1.82, 2.24) is 15.2 Å². The Morgan fingerprint density at radius 3 is 2.78 bits per heavy atom. The first-order valence-electron chi connectivity index (χ1n) is 6.87. The number of nitrogens with zero attached hydrogens (tertiary/aromatic N) is 3. The van der Waals surface area contributed by atoms with Crippen molar-refractivity contribution in [2.24, 2.45) is 5.10 Å². The van der Waals surface area contributed by atoms with Gasteiger partial charge in [-0.3, -0.25) is 4.79 Å². The van der Waals surface area contributed by atoms with Gasteiger partial charge in [-0.15, -0.1) is 0 Å². The van der Waals surface area contributed by atoms with Crippen molar-refractivity contribution < 1.29 is 14.3 Å². The van der Waals surface area contributed by atoms with Gasteiger partial charge in [0.15, 0.2) is 11.4 Å². The third-order valence-electron chi connectivity index (χ3n) is 3.05. The zero-order valence-electron chi connectivity index (χ0n) is 12.3. The molecule has 0 spiro atoms. The van der Waals surface area contributed by atoms with Crippen molar-refractivity contribution in [1.29, 1.82) is 0 Å². The number of benzene rings is 1. The molecule has 1 amide bonds. The Morgan fingerprint density at radius 2 is 2.09 bits per heavy atom. The number of aromatic nitrogens is 2. The molecule has 23 heavy (non-hydrogen) atoms. The molecular weight excluding hydrogens is 296 g/mol. The zero-order valence-corrected chi connectivity index (χ0v) is 12.3. The number of furan rings is 1. The Kier molecular flexibility index (Phi) is 3.92. The minimum atomic E-state index is -0.614. The molecule has 0 aliphatic heterocycles. The fourth-order valence-corrected chi connectivity index (χ4v) is 1.97. The lowest BCUT2D eigenvalue weighted by Gasteiger charge is -1.99. The molecule has 3 aromatic rings. The summed E-state index contributed by atoms with van der Waals surface area (Å²) in [4.78, 5) is 12.0. The van der Waals surface area contributed by atoms with E-state index in [9.17, 15) is 9.90 Å². The molecule has 0 aliphatic carbocycles. The Balaban J connectivity index is 1.73. The molecule has 0 radical (unpaired) electrons. The first-order valence-corrected chi connectivity index (χ1v) is 6.87. The van der Waals surface area contributed by atoms with Crippen molar-refractivity contribution in [3.63, 3.8) is 0 Å². The summed E-state index contributed by atoms with van der Waals surface area (Å²) in [6.45, 7) is 1.81. The van der Waals surface area contributed by atoms with Crippen molar-refractivity contribution in [3.8, 4) is 11.4 Å². The van der Waals surface area contributed by atoms with E-state index in [2.05, 4.69) is 15.6 Å². The highest BCUT2D eigenvalue weighted by atomic mass is 16.3. The summed E-state index contributed by atoms with van der Waals surface area (Å²) in [7, 11) is 0. The van der Waals surface area contributed by atoms with E-state index >= 15 is 0 Å². The van der Waals surface area contributed by atoms with Crippen LogP contribution >= 0.6 is 0 Å². The average molecular weight is 310 g/mol. The molecule has 2 N–H and O–H groups in total. The summed E-state index contributed by atoms with van der Waals surface area (Å²) in [5.74, 6) is 0.422. The molecule has 1 aromatic carbocycles. The highest BCUT2D eigenvalue weighted by molar-refractivity contribution is 5.95. The number of aryl methyl sites for hydroxylation is 1. The summed E-state index contributed by atoms with van der Waals surface area (Å²) in [6.07, 6.45) is 2.74. The molecule has 0 unspecified atom stereocenters. The van der Waals surface area contributed by atoms with Gasteiger partial charge in [-0.25, -0.2) is 10.1 Å². The van der Waals surface area contributed by atoms with Crippen molar-refractivity contribution >= 4 is 12.1 Å². The van der Waals surface area contributed by atoms with Crippen LogP contribution in [0.4, 0.5) is 0 Å². The van der Waals surface area contributed by atoms with E-state index in [4.69, 9.17) is 4.42 Å². The molecule has 7 heteroatoms. The smallest absolute Gasteiger partial charge is 0.295 e. The van der Waals surface area contributed by atoms with Crippen LogP contribution in [0, 0.1) is 6.92 Å². The van der Waals surface area contributed by atoms with Gasteiger partial charge < -0.3 is 9.52 Å². The number of carbonyl (C=O) groups excluding carboxylic acids is 1. The molecule has 0 fully saturated rings. The lowest BCUT2D eigenvalue weighted by atomic mass is 10.3. The van der Waals surface area contributed by atoms with Crippen LogP contribution in [0.1, 0.15) is 22.0 Å². The number of rotatable bonds is 4. The zero-order chi connectivity index (χ0) is 16.2. The van der Waals surface area contributed by atoms with E-state index in [0.717, 1.165) is 11.4 Å². The number of carbonyl (C=O) groups is 1. The van der Waals surface area contributed by atoms with E-state index in [1.54, 1.807) is 12.1 Å². The Labute approximate surface area is 131 Å². The van der Waals surface area contributed by atoms with Crippen LogP contribution in [-0.4, -0.2) is 27.0 Å². The maximum absolute atomic E-state index is 12.0. The summed E-state index contributed by atoms with van der Waals surface area (Å²) in [6, 6.07) is 12.7. The fraction of sp³-hybridized carbons (Fsp3) is 0.0625. The van der Waals surface area contributed by atoms with E-state index in [0.29, 0.717) is 5.76 Å². The number of hydrogen-bond acceptors (Lipinski definition) is 5. The highest BCUT2D eigenvalue weighted by Gasteiger charge is 2.16. The van der Waals surface area contributed by atoms with Gasteiger partial charge in [0, 0.05) is 0 Å². The third kappa shape index (κ3) is 3.29. The second kappa shape index (κ2) is 6.18. The lowest BCUT2D eigenvalue weighted by Crippen LogP contribution is -2.18. The van der Waals surface area contributed by atoms with Gasteiger partial charge in [-0.05, 0) is 31.2 Å². The third-order valence-corrected chi connectivity index (χ3v) is 3.05. The van der Waals surface area contributed by atoms with Crippen LogP contribution < -0.4 is 5.43 Å². The van der Waals surface area contributed by atoms with Gasteiger partial charge >= 0.3 is 0 Å². The van der Waals surface area contributed by atoms with Crippen molar-refractivity contribution in [3.05, 3.63) is 65.9 Å². The summed E-state index contributed by atoms with van der Waals surface area (Å²) in [5.41, 5.74) is 2.92. The topological polar surface area (TPSA) is 92.7 Å². The molecule has 0 atom stereocenters. The normalized spacial score (nSPS) is 11.0. The number of nitrogens with one attached hydrogen (secondary N) is 1. The fourth-order valence-electron chi connectivity index (χ4n) is 1.97. The number of aromatic hydroxyl groups is 1. The summed E-state index contributed by atoms with van der Waals surface area (Å²) in [5, 5.41) is 17.7. The van der Waals surface area contributed by atoms with Crippen molar-refractivity contribution in [2.45, 2.75) is 6.92 Å². The van der Waals surface area contributed by atoms with Crippen LogP contribution in [0.2, 0.25) is 0 Å². The quantitative estimate of drug-likeness (QED) is 0.571. The molecule has 0 saturated heterocycles. The van der Waals surface area contributed by atoms with Crippen LogP contribution in [0.25, 0.3) is 5.69 Å². The molecule has 2 aromatic heterocycles. The minimum Gasteiger partial charge on any atom is -0.504 e. The van der Waals surface area contributed by atoms with Gasteiger partial charge in [-0.2, -0.15) is 10.2 Å². The van der Waals surface area contributed by atoms with Gasteiger partial charge in [0.25, 0.3) is 5.91 Å². The summed E-state index contributed by atoms with van der Waals surface area (Å²) >= 11 is 0. The molecule has 0 saturated carbocycles. The van der Waals surface area contributed by atoms with E-state index in [1.807, 2.05) is 37.3 Å². The highest BCUT2D eigenvalue weighted by Crippen LogP contribution is 2.17. The van der Waals surface area contributed by atoms with Gasteiger partial charge in [0.2, 0.25) is 0 Å². The van der Waals surface area contributed by atoms with E-state index < -0.39 is 5.91 Å². The van der Waals surface area contributed by atoms with Crippen LogP contribution in [0.3, 0.4) is 0 Å². The monoisotopic (exact) mass is 310 g/mol. The molecular formula is C16H14N4O3. The molecule has 0 bridgehead atoms. The molecule has 2 heterocycles. The van der Waals surface area contributed by atoms with Crippen molar-refractivity contribution in [2.75, 3.05) is 0 Å². The largest absolute Gasteiger partial charge is 0.504 e. The number of hydrazone groups is 1. The Hall–Kier alpha value is -3.35. The number of para-hydroxylation sites is 1. The van der Waals surface area contributed by atoms with Gasteiger partial charge in [0.1, 0.15) is 11.5 Å². The Bertz CT molecular complexity index is 849. The van der Waals surface area contributed by atoms with Crippen LogP contribution in [-0.2, 0) is 0 Å². The van der Waals surface area contributed by atoms with Crippen LogP contribution in [0.5, 0.6) is 5.75 Å². The summed E-state index contributed by atoms with van der Waals surface area (Å²) < 4.78 is 6.71. The van der Waals surface area contributed by atoms with Crippen LogP contribution in [0.15, 0.2) is 58.2 Å².